The van der Waals surface area contributed by atoms with Crippen LogP contribution in [-0.2, 0) is 16.1 Å². The molecule has 0 aliphatic heterocycles. The number of fused-ring (bicyclic) bond motifs is 1. The number of likely N-dealkylation sites (N-methyl/N-ethyl adjacent to an activating group) is 1. The van der Waals surface area contributed by atoms with E-state index in [0.29, 0.717) is 37.9 Å². The van der Waals surface area contributed by atoms with Crippen LogP contribution in [0.25, 0.3) is 10.2 Å². The van der Waals surface area contributed by atoms with Crippen LogP contribution in [-0.4, -0.2) is 54.1 Å². The summed E-state index contributed by atoms with van der Waals surface area (Å²) in [6, 6.07) is 11.6. The molecular formula is C26H32N4O4S. The number of hydrogen-bond donors (Lipinski definition) is 2. The zero-order valence-electron chi connectivity index (χ0n) is 20.4. The topological polar surface area (TPSA) is 94.9 Å². The van der Waals surface area contributed by atoms with Crippen LogP contribution < -0.4 is 15.1 Å². The highest BCUT2D eigenvalue weighted by Gasteiger charge is 2.28. The van der Waals surface area contributed by atoms with Crippen molar-refractivity contribution in [2.45, 2.75) is 45.2 Å². The second kappa shape index (κ2) is 10.5. The Morgan fingerprint density at radius 1 is 1.09 bits per heavy atom. The van der Waals surface area contributed by atoms with Crippen LogP contribution in [0.15, 0.2) is 41.8 Å². The number of nitrogens with zero attached hydrogens (tertiary/aromatic N) is 3. The first kappa shape index (κ1) is 24.8. The molecule has 186 valence electrons. The smallest absolute Gasteiger partial charge is 0.306 e. The van der Waals surface area contributed by atoms with Crippen LogP contribution in [0.3, 0.4) is 0 Å². The Hall–Kier alpha value is -3.33. The molecule has 0 saturated heterocycles. The van der Waals surface area contributed by atoms with E-state index < -0.39 is 5.97 Å². The first-order valence-corrected chi connectivity index (χ1v) is 12.8. The zero-order valence-corrected chi connectivity index (χ0v) is 21.2. The Labute approximate surface area is 209 Å². The summed E-state index contributed by atoms with van der Waals surface area (Å²) in [7, 11) is 3.92. The van der Waals surface area contributed by atoms with Gasteiger partial charge in [0.2, 0.25) is 5.91 Å². The summed E-state index contributed by atoms with van der Waals surface area (Å²) in [6.45, 7) is 2.50. The molecule has 0 unspecified atom stereocenters. The lowest BCUT2D eigenvalue weighted by Crippen LogP contribution is -2.40. The van der Waals surface area contributed by atoms with Crippen molar-refractivity contribution in [2.24, 2.45) is 5.92 Å². The van der Waals surface area contributed by atoms with E-state index >= 15 is 0 Å². The molecule has 2 heterocycles. The maximum atomic E-state index is 13.5. The lowest BCUT2D eigenvalue weighted by molar-refractivity contribution is -0.142. The second-order valence-electron chi connectivity index (χ2n) is 9.20. The van der Waals surface area contributed by atoms with E-state index in [1.54, 1.807) is 9.47 Å². The fourth-order valence-electron chi connectivity index (χ4n) is 4.74. The molecule has 2 aromatic heterocycles. The van der Waals surface area contributed by atoms with E-state index in [2.05, 4.69) is 5.32 Å². The number of carbonyl (C=O) groups excluding carboxylic acids is 2. The lowest BCUT2D eigenvalue weighted by Gasteiger charge is -2.27. The van der Waals surface area contributed by atoms with Crippen LogP contribution in [0.5, 0.6) is 0 Å². The van der Waals surface area contributed by atoms with E-state index in [4.69, 9.17) is 0 Å². The summed E-state index contributed by atoms with van der Waals surface area (Å²) in [4.78, 5) is 41.7. The van der Waals surface area contributed by atoms with Crippen molar-refractivity contribution in [3.05, 3.63) is 47.5 Å². The third-order valence-electron chi connectivity index (χ3n) is 6.74. The van der Waals surface area contributed by atoms with Crippen molar-refractivity contribution in [1.29, 1.82) is 0 Å². The minimum absolute atomic E-state index is 0.0504. The second-order valence-corrected chi connectivity index (χ2v) is 10.1. The van der Waals surface area contributed by atoms with Crippen molar-refractivity contribution < 1.29 is 19.5 Å². The van der Waals surface area contributed by atoms with Gasteiger partial charge in [-0.1, -0.05) is 6.07 Å². The molecule has 0 bridgehead atoms. The fraction of sp³-hybridized carbons (Fsp3) is 0.423. The number of carboxylic acid groups (broad SMARTS) is 1. The molecule has 2 N–H and O–H groups in total. The predicted octanol–water partition coefficient (Wildman–Crippen LogP) is 4.20. The van der Waals surface area contributed by atoms with Crippen LogP contribution in [0, 0.1) is 5.92 Å². The molecular weight excluding hydrogens is 464 g/mol. The third kappa shape index (κ3) is 5.35. The Kier molecular flexibility index (Phi) is 7.45. The summed E-state index contributed by atoms with van der Waals surface area (Å²) in [6.07, 6.45) is 2.41. The van der Waals surface area contributed by atoms with Crippen molar-refractivity contribution in [2.75, 3.05) is 30.4 Å². The summed E-state index contributed by atoms with van der Waals surface area (Å²) in [5.74, 6) is -1.42. The number of carboxylic acids is 1. The van der Waals surface area contributed by atoms with Gasteiger partial charge < -0.3 is 24.8 Å². The molecule has 0 spiro atoms. The molecule has 1 aliphatic rings. The normalized spacial score (nSPS) is 17.8. The number of aromatic nitrogens is 1. The molecule has 2 amide bonds. The van der Waals surface area contributed by atoms with Gasteiger partial charge in [0.25, 0.3) is 5.91 Å². The molecule has 9 heteroatoms. The quantitative estimate of drug-likeness (QED) is 0.488. The Balaban J connectivity index is 1.54. The number of carbonyl (C=O) groups is 3. The summed E-state index contributed by atoms with van der Waals surface area (Å²) in [5.41, 5.74) is 3.14. The Bertz CT molecular complexity index is 1220. The summed E-state index contributed by atoms with van der Waals surface area (Å²) < 4.78 is 2.75. The molecule has 1 aliphatic carbocycles. The van der Waals surface area contributed by atoms with Gasteiger partial charge in [-0.2, -0.15) is 0 Å². The zero-order chi connectivity index (χ0) is 25.1. The minimum Gasteiger partial charge on any atom is -0.481 e. The van der Waals surface area contributed by atoms with Gasteiger partial charge in [0.1, 0.15) is 12.2 Å². The largest absolute Gasteiger partial charge is 0.481 e. The van der Waals surface area contributed by atoms with E-state index in [-0.39, 0.29) is 30.3 Å². The third-order valence-corrected chi connectivity index (χ3v) is 7.59. The van der Waals surface area contributed by atoms with E-state index in [0.717, 1.165) is 21.6 Å². The molecule has 8 nitrogen and oxygen atoms in total. The molecule has 0 atom stereocenters. The van der Waals surface area contributed by atoms with E-state index in [1.807, 2.05) is 67.7 Å². The van der Waals surface area contributed by atoms with Gasteiger partial charge in [-0.15, -0.1) is 11.3 Å². The first-order chi connectivity index (χ1) is 16.8. The van der Waals surface area contributed by atoms with Gasteiger partial charge in [-0.3, -0.25) is 14.4 Å². The van der Waals surface area contributed by atoms with Crippen LogP contribution in [0.4, 0.5) is 11.4 Å². The SMILES string of the molecule is CCN(C(=O)Cn1c(C(=O)N[C@H]2CC[C@H](C(=O)O)CC2)cc2sccc21)c1cccc(N(C)C)c1. The van der Waals surface area contributed by atoms with Gasteiger partial charge in [0.15, 0.2) is 0 Å². The molecule has 1 fully saturated rings. The maximum Gasteiger partial charge on any atom is 0.306 e. The minimum atomic E-state index is -0.765. The van der Waals surface area contributed by atoms with Gasteiger partial charge in [0, 0.05) is 38.1 Å². The predicted molar refractivity (Wildman–Crippen MR) is 139 cm³/mol. The highest BCUT2D eigenvalue weighted by molar-refractivity contribution is 7.17. The fourth-order valence-corrected chi connectivity index (χ4v) is 5.56. The summed E-state index contributed by atoms with van der Waals surface area (Å²) in [5, 5.41) is 14.3. The van der Waals surface area contributed by atoms with Crippen LogP contribution in [0.1, 0.15) is 43.1 Å². The number of hydrogen-bond acceptors (Lipinski definition) is 5. The van der Waals surface area contributed by atoms with Gasteiger partial charge in [-0.05, 0) is 68.3 Å². The standard InChI is InChI=1S/C26H32N4O4S/c1-4-29(20-7-5-6-19(14-20)28(2)3)24(31)16-30-21-12-13-35-23(21)15-22(30)25(32)27-18-10-8-17(9-11-18)26(33)34/h5-7,12-15,17-18H,4,8-11,16H2,1-3H3,(H,27,32)(H,33,34)/t17-,18-. The molecule has 3 aromatic rings. The van der Waals surface area contributed by atoms with Gasteiger partial charge in [-0.25, -0.2) is 0 Å². The average molecular weight is 497 g/mol. The summed E-state index contributed by atoms with van der Waals surface area (Å²) >= 11 is 1.54. The highest BCUT2D eigenvalue weighted by atomic mass is 32.1. The lowest BCUT2D eigenvalue weighted by atomic mass is 9.86. The van der Waals surface area contributed by atoms with Gasteiger partial charge in [0.05, 0.1) is 16.1 Å². The molecule has 1 aromatic carbocycles. The van der Waals surface area contributed by atoms with Gasteiger partial charge >= 0.3 is 5.97 Å². The number of thiophene rings is 1. The maximum absolute atomic E-state index is 13.5. The number of benzene rings is 1. The highest BCUT2D eigenvalue weighted by Crippen LogP contribution is 2.28. The van der Waals surface area contributed by atoms with Crippen molar-refractivity contribution >= 4 is 50.7 Å². The number of amides is 2. The first-order valence-electron chi connectivity index (χ1n) is 12.0. The van der Waals surface area contributed by atoms with E-state index in [1.165, 1.54) is 11.3 Å². The molecule has 0 radical (unpaired) electrons. The number of anilines is 2. The van der Waals surface area contributed by atoms with Crippen LogP contribution in [0.2, 0.25) is 0 Å². The molecule has 4 rings (SSSR count). The van der Waals surface area contributed by atoms with E-state index in [9.17, 15) is 19.5 Å². The van der Waals surface area contributed by atoms with Crippen molar-refractivity contribution in [3.63, 3.8) is 0 Å². The van der Waals surface area contributed by atoms with Crippen LogP contribution >= 0.6 is 11.3 Å². The number of aliphatic carboxylic acids is 1. The number of nitrogens with one attached hydrogen (secondary N) is 1. The molecule has 1 saturated carbocycles. The Morgan fingerprint density at radius 3 is 2.46 bits per heavy atom. The monoisotopic (exact) mass is 496 g/mol. The molecule has 35 heavy (non-hydrogen) atoms. The Morgan fingerprint density at radius 2 is 1.80 bits per heavy atom. The average Bonchev–Trinajstić information content (AvgIpc) is 3.43. The van der Waals surface area contributed by atoms with Crippen molar-refractivity contribution in [3.8, 4) is 0 Å². The van der Waals surface area contributed by atoms with Crippen molar-refractivity contribution in [1.82, 2.24) is 9.88 Å². The number of rotatable bonds is 8.